The molecule has 2 aliphatic rings. The van der Waals surface area contributed by atoms with Crippen molar-refractivity contribution in [1.29, 1.82) is 0 Å². The van der Waals surface area contributed by atoms with Crippen LogP contribution in [0, 0.1) is 12.8 Å². The molecule has 0 saturated carbocycles. The third kappa shape index (κ3) is 3.44. The summed E-state index contributed by atoms with van der Waals surface area (Å²) >= 11 is 0. The Balaban J connectivity index is 2.08. The highest BCUT2D eigenvalue weighted by Gasteiger charge is 2.49. The number of esters is 1. The van der Waals surface area contributed by atoms with Crippen molar-refractivity contribution in [3.05, 3.63) is 59.7 Å². The predicted octanol–water partition coefficient (Wildman–Crippen LogP) is 5.12. The molecule has 2 aromatic carbocycles. The van der Waals surface area contributed by atoms with Crippen molar-refractivity contribution in [2.45, 2.75) is 37.0 Å². The van der Waals surface area contributed by atoms with E-state index in [-0.39, 0.29) is 23.6 Å². The average Bonchev–Trinajstić information content (AvgIpc) is 2.80. The van der Waals surface area contributed by atoms with E-state index in [0.29, 0.717) is 35.1 Å². The molecular formula is C25H29NO5S. The van der Waals surface area contributed by atoms with Crippen molar-refractivity contribution in [3.8, 4) is 11.5 Å². The van der Waals surface area contributed by atoms with E-state index in [1.807, 2.05) is 43.3 Å². The number of nitrogens with zero attached hydrogens (tertiary/aromatic N) is 1. The second-order valence-electron chi connectivity index (χ2n) is 8.12. The van der Waals surface area contributed by atoms with Crippen LogP contribution >= 0.6 is 0 Å². The van der Waals surface area contributed by atoms with Crippen molar-refractivity contribution in [1.82, 2.24) is 0 Å². The first-order chi connectivity index (χ1) is 15.4. The number of carbonyl (C=O) groups excluding carboxylic acids is 1. The largest absolute Gasteiger partial charge is 0.626 e. The topological polar surface area (TPSA) is 80.2 Å². The molecule has 0 aromatic heterocycles. The molecule has 1 heterocycles. The van der Waals surface area contributed by atoms with Gasteiger partial charge >= 0.3 is 5.97 Å². The number of hydrogen-bond donors (Lipinski definition) is 0. The van der Waals surface area contributed by atoms with Gasteiger partial charge in [-0.25, -0.2) is 0 Å². The van der Waals surface area contributed by atoms with Crippen LogP contribution in [0.2, 0.25) is 0 Å². The van der Waals surface area contributed by atoms with E-state index in [9.17, 15) is 9.35 Å². The van der Waals surface area contributed by atoms with E-state index in [4.69, 9.17) is 18.6 Å². The van der Waals surface area contributed by atoms with Gasteiger partial charge in [0.15, 0.2) is 11.4 Å². The SMILES string of the molecule is C=C[C@H]1C[C@@H](C(=O)OCC)[C@@H]2C[S+]([O-])(c3ccccc3)=Nc3c(OC)c(C)c(OC)c1c32. The zero-order chi connectivity index (χ0) is 23.0. The quantitative estimate of drug-likeness (QED) is 0.343. The zero-order valence-electron chi connectivity index (χ0n) is 18.9. The highest BCUT2D eigenvalue weighted by molar-refractivity contribution is 8.00. The Kier molecular flexibility index (Phi) is 6.14. The fourth-order valence-electron chi connectivity index (χ4n) is 5.09. The molecule has 6 nitrogen and oxygen atoms in total. The van der Waals surface area contributed by atoms with Crippen LogP contribution < -0.4 is 9.47 Å². The minimum absolute atomic E-state index is 0.116. The van der Waals surface area contributed by atoms with Crippen LogP contribution in [-0.2, 0) is 19.6 Å². The van der Waals surface area contributed by atoms with Gasteiger partial charge in [-0.15, -0.1) is 6.58 Å². The highest BCUT2D eigenvalue weighted by Crippen LogP contribution is 2.59. The molecule has 0 saturated heterocycles. The van der Waals surface area contributed by atoms with Gasteiger partial charge in [-0.2, -0.15) is 0 Å². The second kappa shape index (κ2) is 8.71. The molecular weight excluding hydrogens is 426 g/mol. The van der Waals surface area contributed by atoms with Gasteiger partial charge in [0.2, 0.25) is 0 Å². The van der Waals surface area contributed by atoms with Crippen LogP contribution in [0.25, 0.3) is 0 Å². The summed E-state index contributed by atoms with van der Waals surface area (Å²) in [5, 5.41) is 0. The monoisotopic (exact) mass is 455 g/mol. The van der Waals surface area contributed by atoms with E-state index in [1.165, 1.54) is 0 Å². The average molecular weight is 456 g/mol. The maximum atomic E-state index is 14.3. The standard InChI is InChI=1S/C25H29NO5S/c1-6-16-13-18(25(27)31-7-2)19-14-32(28,17-11-9-8-10-12-17)26-22-21(19)20(16)23(29-4)15(3)24(22)30-5/h6,8-12,16,18-19H,1,7,13-14H2,2-5H3/t16-,18+,19-,32?/m0/s1. The van der Waals surface area contributed by atoms with Crippen molar-refractivity contribution in [3.63, 3.8) is 0 Å². The lowest BCUT2D eigenvalue weighted by atomic mass is 9.69. The molecule has 0 radical (unpaired) electrons. The molecule has 1 aliphatic carbocycles. The number of benzene rings is 2. The number of allylic oxidation sites excluding steroid dienone is 1. The number of carbonyl (C=O) groups is 1. The smallest absolute Gasteiger partial charge is 0.309 e. The first kappa shape index (κ1) is 22.6. The summed E-state index contributed by atoms with van der Waals surface area (Å²) in [6.45, 7) is 8.02. The maximum absolute atomic E-state index is 14.3. The van der Waals surface area contributed by atoms with E-state index in [2.05, 4.69) is 6.58 Å². The van der Waals surface area contributed by atoms with Crippen LogP contribution in [0.4, 0.5) is 5.69 Å². The summed E-state index contributed by atoms with van der Waals surface area (Å²) in [6, 6.07) is 9.25. The summed E-state index contributed by atoms with van der Waals surface area (Å²) in [5.41, 5.74) is 3.17. The van der Waals surface area contributed by atoms with Crippen LogP contribution in [0.3, 0.4) is 0 Å². The molecule has 1 aliphatic heterocycles. The summed E-state index contributed by atoms with van der Waals surface area (Å²) in [7, 11) is 0.373. The maximum Gasteiger partial charge on any atom is 0.309 e. The van der Waals surface area contributed by atoms with Crippen LogP contribution in [0.5, 0.6) is 11.5 Å². The summed E-state index contributed by atoms with van der Waals surface area (Å²) in [6.07, 6.45) is 2.36. The van der Waals surface area contributed by atoms with Crippen molar-refractivity contribution >= 4 is 21.8 Å². The van der Waals surface area contributed by atoms with Gasteiger partial charge in [0.25, 0.3) is 0 Å². The Morgan fingerprint density at radius 2 is 1.91 bits per heavy atom. The summed E-state index contributed by atoms with van der Waals surface area (Å²) in [4.78, 5) is 13.7. The van der Waals surface area contributed by atoms with Gasteiger partial charge in [0, 0.05) is 28.5 Å². The van der Waals surface area contributed by atoms with Gasteiger partial charge in [0.05, 0.1) is 26.7 Å². The lowest BCUT2D eigenvalue weighted by molar-refractivity contribution is -0.149. The molecule has 2 aromatic rings. The fraction of sp³-hybridized carbons (Fsp3) is 0.400. The van der Waals surface area contributed by atoms with Crippen LogP contribution in [0.1, 0.15) is 41.9 Å². The predicted molar refractivity (Wildman–Crippen MR) is 125 cm³/mol. The van der Waals surface area contributed by atoms with E-state index in [0.717, 1.165) is 16.7 Å². The lowest BCUT2D eigenvalue weighted by Gasteiger charge is -2.42. The van der Waals surface area contributed by atoms with Crippen LogP contribution in [-0.4, -0.2) is 37.1 Å². The third-order valence-electron chi connectivity index (χ3n) is 6.46. The molecule has 0 N–H and O–H groups in total. The normalized spacial score (nSPS) is 25.8. The molecule has 7 heteroatoms. The van der Waals surface area contributed by atoms with Gasteiger partial charge in [-0.3, -0.25) is 4.79 Å². The minimum atomic E-state index is -2.83. The number of methoxy groups -OCH3 is 2. The fourth-order valence-corrected chi connectivity index (χ4v) is 7.41. The van der Waals surface area contributed by atoms with Gasteiger partial charge in [-0.05, 0) is 42.5 Å². The van der Waals surface area contributed by atoms with Gasteiger partial charge < -0.3 is 18.8 Å². The molecule has 0 spiro atoms. The Morgan fingerprint density at radius 3 is 2.50 bits per heavy atom. The highest BCUT2D eigenvalue weighted by atomic mass is 32.3. The Labute approximate surface area is 190 Å². The molecule has 0 bridgehead atoms. The molecule has 170 valence electrons. The Morgan fingerprint density at radius 1 is 1.22 bits per heavy atom. The summed E-state index contributed by atoms with van der Waals surface area (Å²) in [5.74, 6) is 0.290. The Hall–Kier alpha value is -2.64. The van der Waals surface area contributed by atoms with Crippen LogP contribution in [0.15, 0.2) is 52.2 Å². The van der Waals surface area contributed by atoms with Gasteiger partial charge in [0.1, 0.15) is 16.4 Å². The molecule has 0 fully saturated rings. The summed E-state index contributed by atoms with van der Waals surface area (Å²) < 4.78 is 36.1. The lowest BCUT2D eigenvalue weighted by Crippen LogP contribution is -2.38. The number of rotatable bonds is 6. The molecule has 1 unspecified atom stereocenters. The van der Waals surface area contributed by atoms with E-state index in [1.54, 1.807) is 21.1 Å². The number of hydrogen-bond acceptors (Lipinski definition) is 6. The minimum Gasteiger partial charge on any atom is -0.626 e. The van der Waals surface area contributed by atoms with Crippen molar-refractivity contribution in [2.24, 2.45) is 10.3 Å². The zero-order valence-corrected chi connectivity index (χ0v) is 19.7. The number of ether oxygens (including phenoxy) is 3. The third-order valence-corrected chi connectivity index (χ3v) is 8.76. The van der Waals surface area contributed by atoms with Crippen molar-refractivity contribution in [2.75, 3.05) is 26.6 Å². The van der Waals surface area contributed by atoms with Gasteiger partial charge in [-0.1, -0.05) is 28.6 Å². The molecule has 4 rings (SSSR count). The van der Waals surface area contributed by atoms with E-state index < -0.39 is 16.0 Å². The van der Waals surface area contributed by atoms with E-state index >= 15 is 0 Å². The molecule has 4 atom stereocenters. The second-order valence-corrected chi connectivity index (χ2v) is 10.4. The first-order valence-electron chi connectivity index (χ1n) is 10.8. The van der Waals surface area contributed by atoms with Crippen molar-refractivity contribution < 1.29 is 23.6 Å². The first-order valence-corrected chi connectivity index (χ1v) is 12.5. The molecule has 0 amide bonds. The Bertz CT molecular complexity index is 1110. The molecule has 32 heavy (non-hydrogen) atoms.